The van der Waals surface area contributed by atoms with Crippen molar-refractivity contribution in [1.82, 2.24) is 0 Å². The summed E-state index contributed by atoms with van der Waals surface area (Å²) in [4.78, 5) is 23.9. The van der Waals surface area contributed by atoms with E-state index in [1.807, 2.05) is 6.92 Å². The molecule has 0 aromatic carbocycles. The summed E-state index contributed by atoms with van der Waals surface area (Å²) in [5, 5.41) is 9.74. The van der Waals surface area contributed by atoms with Gasteiger partial charge >= 0.3 is 11.9 Å². The lowest BCUT2D eigenvalue weighted by Crippen LogP contribution is -2.32. The van der Waals surface area contributed by atoms with E-state index in [-0.39, 0.29) is 5.97 Å². The van der Waals surface area contributed by atoms with Crippen LogP contribution in [-0.4, -0.2) is 23.7 Å². The highest BCUT2D eigenvalue weighted by atomic mass is 16.5. The van der Waals surface area contributed by atoms with Crippen LogP contribution in [0.25, 0.3) is 0 Å². The molecule has 1 aliphatic carbocycles. The molecule has 0 heterocycles. The summed E-state index contributed by atoms with van der Waals surface area (Å²) in [6.45, 7) is 6.72. The van der Waals surface area contributed by atoms with Gasteiger partial charge in [0.1, 0.15) is 5.41 Å². The second-order valence-corrected chi connectivity index (χ2v) is 6.73. The summed E-state index contributed by atoms with van der Waals surface area (Å²) >= 11 is 0. The molecule has 1 rings (SSSR count). The first-order chi connectivity index (χ1) is 11.5. The van der Waals surface area contributed by atoms with E-state index >= 15 is 0 Å². The highest BCUT2D eigenvalue weighted by molar-refractivity contribution is 5.83. The number of carboxylic acids is 1. The maximum Gasteiger partial charge on any atom is 0.317 e. The first-order valence-electron chi connectivity index (χ1n) is 9.27. The van der Waals surface area contributed by atoms with E-state index in [0.29, 0.717) is 18.9 Å². The Hall–Kier alpha value is -1.58. The van der Waals surface area contributed by atoms with Gasteiger partial charge in [0.25, 0.3) is 0 Å². The van der Waals surface area contributed by atoms with Gasteiger partial charge in [-0.05, 0) is 18.8 Å². The van der Waals surface area contributed by atoms with Crippen molar-refractivity contribution in [2.75, 3.05) is 6.61 Å². The molecule has 0 spiro atoms. The van der Waals surface area contributed by atoms with Gasteiger partial charge < -0.3 is 9.84 Å². The van der Waals surface area contributed by atoms with E-state index in [0.717, 1.165) is 38.5 Å². The van der Waals surface area contributed by atoms with Crippen molar-refractivity contribution in [2.24, 2.45) is 17.3 Å². The standard InChI is InChI=1S/C20H32O4/c1-4-7-9-16(6-3)15-20(19(22)23)12-10-17(11-13-20)18(21)24-14-8-5-2/h10-13,16-17H,4-9,14-15H2,1-3H3,(H,22,23). The zero-order valence-electron chi connectivity index (χ0n) is 15.3. The predicted octanol–water partition coefficient (Wildman–Crippen LogP) is 4.75. The lowest BCUT2D eigenvalue weighted by molar-refractivity contribution is -0.147. The van der Waals surface area contributed by atoms with E-state index < -0.39 is 17.3 Å². The molecule has 0 fully saturated rings. The number of carboxylic acid groups (broad SMARTS) is 1. The van der Waals surface area contributed by atoms with Crippen LogP contribution >= 0.6 is 0 Å². The second kappa shape index (κ2) is 10.3. The van der Waals surface area contributed by atoms with E-state index in [1.54, 1.807) is 24.3 Å². The molecule has 0 amide bonds. The van der Waals surface area contributed by atoms with Crippen molar-refractivity contribution in [1.29, 1.82) is 0 Å². The SMILES string of the molecule is CCCCOC(=O)C1C=CC(CC(CC)CCCC)(C(=O)O)C=C1. The normalized spacial score (nSPS) is 23.9. The van der Waals surface area contributed by atoms with Crippen molar-refractivity contribution < 1.29 is 19.4 Å². The highest BCUT2D eigenvalue weighted by Crippen LogP contribution is 2.37. The molecule has 0 aromatic heterocycles. The number of ether oxygens (including phenoxy) is 1. The number of carbonyl (C=O) groups is 2. The minimum absolute atomic E-state index is 0.298. The van der Waals surface area contributed by atoms with Gasteiger partial charge in [0, 0.05) is 0 Å². The fourth-order valence-electron chi connectivity index (χ4n) is 3.03. The lowest BCUT2D eigenvalue weighted by Gasteiger charge is -2.30. The van der Waals surface area contributed by atoms with Crippen molar-refractivity contribution >= 4 is 11.9 Å². The lowest BCUT2D eigenvalue weighted by atomic mass is 9.73. The van der Waals surface area contributed by atoms with Crippen molar-refractivity contribution in [2.45, 2.75) is 65.7 Å². The van der Waals surface area contributed by atoms with Gasteiger partial charge in [-0.3, -0.25) is 9.59 Å². The molecule has 0 aromatic rings. The van der Waals surface area contributed by atoms with Gasteiger partial charge in [0.15, 0.2) is 0 Å². The van der Waals surface area contributed by atoms with Crippen LogP contribution in [0.4, 0.5) is 0 Å². The molecule has 0 aliphatic heterocycles. The average Bonchev–Trinajstić information content (AvgIpc) is 2.59. The largest absolute Gasteiger partial charge is 0.480 e. The Morgan fingerprint density at radius 2 is 1.75 bits per heavy atom. The predicted molar refractivity (Wildman–Crippen MR) is 95.6 cm³/mol. The number of hydrogen-bond donors (Lipinski definition) is 1. The first kappa shape index (κ1) is 20.5. The van der Waals surface area contributed by atoms with Crippen molar-refractivity contribution in [3.8, 4) is 0 Å². The Morgan fingerprint density at radius 3 is 2.25 bits per heavy atom. The third-order valence-electron chi connectivity index (χ3n) is 4.78. The number of unbranched alkanes of at least 4 members (excludes halogenated alkanes) is 2. The van der Waals surface area contributed by atoms with Gasteiger partial charge in [0.2, 0.25) is 0 Å². The van der Waals surface area contributed by atoms with Gasteiger partial charge in [-0.1, -0.05) is 77.2 Å². The monoisotopic (exact) mass is 336 g/mol. The first-order valence-corrected chi connectivity index (χ1v) is 9.27. The van der Waals surface area contributed by atoms with Gasteiger partial charge in [-0.15, -0.1) is 0 Å². The summed E-state index contributed by atoms with van der Waals surface area (Å²) in [7, 11) is 0. The van der Waals surface area contributed by atoms with Crippen LogP contribution in [0.15, 0.2) is 24.3 Å². The van der Waals surface area contributed by atoms with Crippen molar-refractivity contribution in [3.05, 3.63) is 24.3 Å². The van der Waals surface area contributed by atoms with E-state index in [1.165, 1.54) is 0 Å². The molecular weight excluding hydrogens is 304 g/mol. The molecule has 1 N–H and O–H groups in total. The van der Waals surface area contributed by atoms with Crippen LogP contribution < -0.4 is 0 Å². The molecule has 1 atom stereocenters. The van der Waals surface area contributed by atoms with Crippen LogP contribution in [0, 0.1) is 17.3 Å². The molecule has 24 heavy (non-hydrogen) atoms. The summed E-state index contributed by atoms with van der Waals surface area (Å²) in [6, 6.07) is 0. The maximum absolute atomic E-state index is 12.0. The molecule has 0 bridgehead atoms. The molecule has 1 aliphatic rings. The van der Waals surface area contributed by atoms with Crippen LogP contribution in [0.2, 0.25) is 0 Å². The fourth-order valence-corrected chi connectivity index (χ4v) is 3.03. The van der Waals surface area contributed by atoms with Crippen LogP contribution in [0.1, 0.15) is 65.7 Å². The second-order valence-electron chi connectivity index (χ2n) is 6.73. The Bertz CT molecular complexity index is 450. The third-order valence-corrected chi connectivity index (χ3v) is 4.78. The van der Waals surface area contributed by atoms with E-state index in [4.69, 9.17) is 4.74 Å². The number of aliphatic carboxylic acids is 1. The molecular formula is C20H32O4. The molecule has 4 heteroatoms. The molecule has 0 radical (unpaired) electrons. The molecule has 0 saturated heterocycles. The molecule has 1 unspecified atom stereocenters. The molecule has 0 saturated carbocycles. The molecule has 4 nitrogen and oxygen atoms in total. The third kappa shape index (κ3) is 5.81. The average molecular weight is 336 g/mol. The summed E-state index contributed by atoms with van der Waals surface area (Å²) in [6.07, 6.45) is 13.4. The Balaban J connectivity index is 2.74. The van der Waals surface area contributed by atoms with Gasteiger partial charge in [0.05, 0.1) is 12.5 Å². The minimum atomic E-state index is -0.991. The maximum atomic E-state index is 12.0. The number of carbonyl (C=O) groups excluding carboxylic acids is 1. The zero-order valence-corrected chi connectivity index (χ0v) is 15.3. The number of esters is 1. The number of hydrogen-bond acceptors (Lipinski definition) is 3. The zero-order chi connectivity index (χ0) is 18.0. The van der Waals surface area contributed by atoms with Crippen LogP contribution in [0.3, 0.4) is 0 Å². The molecule has 136 valence electrons. The smallest absolute Gasteiger partial charge is 0.317 e. The Morgan fingerprint density at radius 1 is 1.12 bits per heavy atom. The Labute approximate surface area is 146 Å². The van der Waals surface area contributed by atoms with Gasteiger partial charge in [-0.2, -0.15) is 0 Å². The summed E-state index contributed by atoms with van der Waals surface area (Å²) in [5.41, 5.74) is -0.991. The van der Waals surface area contributed by atoms with Crippen LogP contribution in [0.5, 0.6) is 0 Å². The summed E-state index contributed by atoms with van der Waals surface area (Å²) < 4.78 is 5.22. The highest BCUT2D eigenvalue weighted by Gasteiger charge is 2.38. The van der Waals surface area contributed by atoms with Gasteiger partial charge in [-0.25, -0.2) is 0 Å². The fraction of sp³-hybridized carbons (Fsp3) is 0.700. The number of rotatable bonds is 11. The Kier molecular flexibility index (Phi) is 8.80. The van der Waals surface area contributed by atoms with E-state index in [9.17, 15) is 14.7 Å². The minimum Gasteiger partial charge on any atom is -0.480 e. The quantitative estimate of drug-likeness (QED) is 0.336. The topological polar surface area (TPSA) is 63.6 Å². The van der Waals surface area contributed by atoms with Crippen LogP contribution in [-0.2, 0) is 14.3 Å². The van der Waals surface area contributed by atoms with Crippen molar-refractivity contribution in [3.63, 3.8) is 0 Å². The summed E-state index contributed by atoms with van der Waals surface area (Å²) in [5.74, 6) is -1.23. The van der Waals surface area contributed by atoms with E-state index in [2.05, 4.69) is 13.8 Å².